The van der Waals surface area contributed by atoms with Crippen LogP contribution in [0.25, 0.3) is 0 Å². The third-order valence-electron chi connectivity index (χ3n) is 2.38. The molecule has 1 unspecified atom stereocenters. The second-order valence-electron chi connectivity index (χ2n) is 4.81. The highest BCUT2D eigenvalue weighted by molar-refractivity contribution is 5.33. The number of nitrogens with one attached hydrogen (secondary N) is 1. The van der Waals surface area contributed by atoms with Crippen LogP contribution in [0.2, 0.25) is 0 Å². The first-order chi connectivity index (χ1) is 8.29. The molecular formula is C12H18N2O4. The lowest BCUT2D eigenvalue weighted by Gasteiger charge is -2.19. The lowest BCUT2D eigenvalue weighted by Crippen LogP contribution is -2.36. The van der Waals surface area contributed by atoms with E-state index in [-0.39, 0.29) is 12.2 Å². The van der Waals surface area contributed by atoms with Crippen molar-refractivity contribution < 1.29 is 15.1 Å². The first-order valence-corrected chi connectivity index (χ1v) is 5.65. The number of nitro benzene ring substituents is 1. The van der Waals surface area contributed by atoms with Crippen molar-refractivity contribution in [2.75, 3.05) is 13.1 Å². The molecule has 0 aromatic heterocycles. The molecule has 0 radical (unpaired) electrons. The molecule has 0 aliphatic heterocycles. The number of nitro groups is 1. The Morgan fingerprint density at radius 3 is 2.39 bits per heavy atom. The fourth-order valence-electron chi connectivity index (χ4n) is 1.45. The van der Waals surface area contributed by atoms with Crippen LogP contribution in [0.5, 0.6) is 0 Å². The molecule has 0 amide bonds. The first-order valence-electron chi connectivity index (χ1n) is 5.65. The largest absolute Gasteiger partial charge is 0.389 e. The summed E-state index contributed by atoms with van der Waals surface area (Å²) in [5, 5.41) is 32.7. The Bertz CT molecular complexity index is 398. The zero-order valence-electron chi connectivity index (χ0n) is 10.5. The van der Waals surface area contributed by atoms with Gasteiger partial charge in [0, 0.05) is 25.2 Å². The molecule has 3 N–H and O–H groups in total. The topological polar surface area (TPSA) is 95.6 Å². The number of rotatable bonds is 6. The second kappa shape index (κ2) is 5.90. The van der Waals surface area contributed by atoms with Crippen molar-refractivity contribution in [2.24, 2.45) is 0 Å². The Labute approximate surface area is 105 Å². The SMILES string of the molecule is CC(C)(O)CNCC(O)c1ccc([N+](=O)[O-])cc1. The highest BCUT2D eigenvalue weighted by Gasteiger charge is 2.14. The molecule has 0 spiro atoms. The first kappa shape index (κ1) is 14.6. The molecule has 1 aromatic rings. The fourth-order valence-corrected chi connectivity index (χ4v) is 1.45. The zero-order chi connectivity index (χ0) is 13.8. The van der Waals surface area contributed by atoms with E-state index < -0.39 is 16.6 Å². The number of nitrogens with zero attached hydrogens (tertiary/aromatic N) is 1. The van der Waals surface area contributed by atoms with Crippen molar-refractivity contribution >= 4 is 5.69 Å². The van der Waals surface area contributed by atoms with Crippen molar-refractivity contribution in [2.45, 2.75) is 25.6 Å². The summed E-state index contributed by atoms with van der Waals surface area (Å²) in [5.41, 5.74) is -0.242. The number of hydrogen-bond acceptors (Lipinski definition) is 5. The van der Waals surface area contributed by atoms with Gasteiger partial charge in [0.05, 0.1) is 16.6 Å². The summed E-state index contributed by atoms with van der Waals surface area (Å²) in [5.74, 6) is 0. The number of aliphatic hydroxyl groups is 2. The van der Waals surface area contributed by atoms with Gasteiger partial charge in [-0.3, -0.25) is 10.1 Å². The molecule has 0 bridgehead atoms. The minimum absolute atomic E-state index is 0.00426. The van der Waals surface area contributed by atoms with Crippen LogP contribution in [0.15, 0.2) is 24.3 Å². The van der Waals surface area contributed by atoms with E-state index >= 15 is 0 Å². The number of aliphatic hydroxyl groups excluding tert-OH is 1. The summed E-state index contributed by atoms with van der Waals surface area (Å²) in [6.45, 7) is 3.97. The molecule has 100 valence electrons. The average Bonchev–Trinajstić information content (AvgIpc) is 2.27. The van der Waals surface area contributed by atoms with Crippen LogP contribution in [0.4, 0.5) is 5.69 Å². The molecule has 18 heavy (non-hydrogen) atoms. The summed E-state index contributed by atoms with van der Waals surface area (Å²) >= 11 is 0. The Morgan fingerprint density at radius 2 is 1.94 bits per heavy atom. The highest BCUT2D eigenvalue weighted by atomic mass is 16.6. The Kier molecular flexibility index (Phi) is 4.77. The van der Waals surface area contributed by atoms with E-state index in [1.54, 1.807) is 13.8 Å². The van der Waals surface area contributed by atoms with Crippen molar-refractivity contribution in [1.29, 1.82) is 0 Å². The summed E-state index contributed by atoms with van der Waals surface area (Å²) in [4.78, 5) is 9.98. The van der Waals surface area contributed by atoms with E-state index in [2.05, 4.69) is 5.32 Å². The maximum atomic E-state index is 10.5. The quantitative estimate of drug-likeness (QED) is 0.519. The van der Waals surface area contributed by atoms with Gasteiger partial charge in [0.25, 0.3) is 5.69 Å². The summed E-state index contributed by atoms with van der Waals surface area (Å²) in [6.07, 6.45) is -0.756. The predicted molar refractivity (Wildman–Crippen MR) is 67.2 cm³/mol. The van der Waals surface area contributed by atoms with Gasteiger partial charge in [-0.05, 0) is 31.5 Å². The van der Waals surface area contributed by atoms with E-state index in [1.165, 1.54) is 24.3 Å². The van der Waals surface area contributed by atoms with Crippen LogP contribution in [-0.4, -0.2) is 33.8 Å². The van der Waals surface area contributed by atoms with E-state index in [4.69, 9.17) is 0 Å². The fraction of sp³-hybridized carbons (Fsp3) is 0.500. The summed E-state index contributed by atoms with van der Waals surface area (Å²) < 4.78 is 0. The molecule has 0 saturated heterocycles. The Hall–Kier alpha value is -1.50. The molecule has 1 atom stereocenters. The van der Waals surface area contributed by atoms with Gasteiger partial charge in [0.15, 0.2) is 0 Å². The second-order valence-corrected chi connectivity index (χ2v) is 4.81. The van der Waals surface area contributed by atoms with Crippen LogP contribution in [0, 0.1) is 10.1 Å². The van der Waals surface area contributed by atoms with Gasteiger partial charge in [-0.1, -0.05) is 0 Å². The van der Waals surface area contributed by atoms with Gasteiger partial charge in [-0.25, -0.2) is 0 Å². The molecule has 0 saturated carbocycles. The third kappa shape index (κ3) is 4.79. The zero-order valence-corrected chi connectivity index (χ0v) is 10.5. The summed E-state index contributed by atoms with van der Waals surface area (Å²) in [7, 11) is 0. The van der Waals surface area contributed by atoms with Crippen LogP contribution in [-0.2, 0) is 0 Å². The molecule has 1 aromatic carbocycles. The number of hydrogen-bond donors (Lipinski definition) is 3. The van der Waals surface area contributed by atoms with Crippen molar-refractivity contribution in [1.82, 2.24) is 5.32 Å². The van der Waals surface area contributed by atoms with Crippen LogP contribution < -0.4 is 5.32 Å². The van der Waals surface area contributed by atoms with Crippen LogP contribution in [0.3, 0.4) is 0 Å². The third-order valence-corrected chi connectivity index (χ3v) is 2.38. The van der Waals surface area contributed by atoms with Gasteiger partial charge < -0.3 is 15.5 Å². The molecule has 0 heterocycles. The maximum Gasteiger partial charge on any atom is 0.269 e. The lowest BCUT2D eigenvalue weighted by molar-refractivity contribution is -0.384. The van der Waals surface area contributed by atoms with E-state index in [0.717, 1.165) is 0 Å². The molecule has 0 aliphatic rings. The van der Waals surface area contributed by atoms with E-state index in [0.29, 0.717) is 12.1 Å². The molecular weight excluding hydrogens is 236 g/mol. The predicted octanol–water partition coefficient (Wildman–Crippen LogP) is 0.989. The van der Waals surface area contributed by atoms with Gasteiger partial charge in [-0.2, -0.15) is 0 Å². The van der Waals surface area contributed by atoms with Crippen molar-refractivity contribution in [3.05, 3.63) is 39.9 Å². The monoisotopic (exact) mass is 254 g/mol. The maximum absolute atomic E-state index is 10.5. The molecule has 6 heteroatoms. The van der Waals surface area contributed by atoms with Gasteiger partial charge in [-0.15, -0.1) is 0 Å². The van der Waals surface area contributed by atoms with Crippen LogP contribution >= 0.6 is 0 Å². The average molecular weight is 254 g/mol. The standard InChI is InChI=1S/C12H18N2O4/c1-12(2,16)8-13-7-11(15)9-3-5-10(6-4-9)14(17)18/h3-6,11,13,15-16H,7-8H2,1-2H3. The van der Waals surface area contributed by atoms with Crippen molar-refractivity contribution in [3.8, 4) is 0 Å². The molecule has 1 rings (SSSR count). The molecule has 0 fully saturated rings. The van der Waals surface area contributed by atoms with Crippen molar-refractivity contribution in [3.63, 3.8) is 0 Å². The minimum atomic E-state index is -0.838. The smallest absolute Gasteiger partial charge is 0.269 e. The molecule has 6 nitrogen and oxygen atoms in total. The summed E-state index contributed by atoms with van der Waals surface area (Å²) in [6, 6.07) is 5.76. The normalized spacial score (nSPS) is 13.3. The number of non-ortho nitro benzene ring substituents is 1. The molecule has 0 aliphatic carbocycles. The van der Waals surface area contributed by atoms with E-state index in [1.807, 2.05) is 0 Å². The van der Waals surface area contributed by atoms with Gasteiger partial charge in [0.1, 0.15) is 0 Å². The van der Waals surface area contributed by atoms with Gasteiger partial charge in [0.2, 0.25) is 0 Å². The highest BCUT2D eigenvalue weighted by Crippen LogP contribution is 2.17. The van der Waals surface area contributed by atoms with Crippen LogP contribution in [0.1, 0.15) is 25.5 Å². The Morgan fingerprint density at radius 1 is 1.39 bits per heavy atom. The lowest BCUT2D eigenvalue weighted by atomic mass is 10.1. The van der Waals surface area contributed by atoms with Gasteiger partial charge >= 0.3 is 0 Å². The van der Waals surface area contributed by atoms with E-state index in [9.17, 15) is 20.3 Å². The number of benzene rings is 1. The minimum Gasteiger partial charge on any atom is -0.389 e. The Balaban J connectivity index is 2.51.